The number of methoxy groups -OCH3 is 1. The lowest BCUT2D eigenvalue weighted by atomic mass is 10.1. The zero-order chi connectivity index (χ0) is 14.5. The number of carbonyl (C=O) groups excluding carboxylic acids is 1. The van der Waals surface area contributed by atoms with Crippen LogP contribution < -0.4 is 4.74 Å². The highest BCUT2D eigenvalue weighted by atomic mass is 16.5. The largest absolute Gasteiger partial charge is 0.496 e. The molecule has 0 saturated carbocycles. The molecule has 0 atom stereocenters. The van der Waals surface area contributed by atoms with Crippen molar-refractivity contribution in [3.8, 4) is 5.75 Å². The Morgan fingerprint density at radius 3 is 2.63 bits per heavy atom. The molecule has 1 rings (SSSR count). The lowest BCUT2D eigenvalue weighted by Crippen LogP contribution is -2.38. The van der Waals surface area contributed by atoms with Gasteiger partial charge in [-0.3, -0.25) is 4.79 Å². The van der Waals surface area contributed by atoms with Crippen LogP contribution in [0.5, 0.6) is 5.75 Å². The Hall–Kier alpha value is -1.81. The summed E-state index contributed by atoms with van der Waals surface area (Å²) in [4.78, 5) is 13.4. The fourth-order valence-electron chi connectivity index (χ4n) is 1.75. The van der Waals surface area contributed by atoms with Crippen LogP contribution in [0.15, 0.2) is 30.3 Å². The second-order valence-corrected chi connectivity index (χ2v) is 5.08. The summed E-state index contributed by atoms with van der Waals surface area (Å²) in [5, 5.41) is 9.67. The molecule has 1 N–H and O–H groups in total. The molecule has 0 bridgehead atoms. The Kier molecular flexibility index (Phi) is 5.12. The molecule has 1 aromatic rings. The van der Waals surface area contributed by atoms with E-state index in [1.165, 1.54) is 11.0 Å². The number of nitrogens with zero attached hydrogens (tertiary/aromatic N) is 1. The van der Waals surface area contributed by atoms with Crippen LogP contribution in [0.2, 0.25) is 0 Å². The number of ether oxygens (including phenoxy) is 1. The Morgan fingerprint density at radius 2 is 2.05 bits per heavy atom. The van der Waals surface area contributed by atoms with Gasteiger partial charge in [-0.05, 0) is 26.0 Å². The van der Waals surface area contributed by atoms with E-state index >= 15 is 0 Å². The average Bonchev–Trinajstić information content (AvgIpc) is 2.34. The van der Waals surface area contributed by atoms with Crippen LogP contribution in [0, 0.1) is 0 Å². The molecule has 0 aliphatic carbocycles. The molecule has 4 nitrogen and oxygen atoms in total. The van der Waals surface area contributed by atoms with E-state index in [1.54, 1.807) is 34.1 Å². The first kappa shape index (κ1) is 15.2. The highest BCUT2D eigenvalue weighted by Crippen LogP contribution is 2.18. The number of benzene rings is 1. The molecule has 0 aliphatic heterocycles. The quantitative estimate of drug-likeness (QED) is 0.826. The van der Waals surface area contributed by atoms with E-state index in [0.717, 1.165) is 11.3 Å². The van der Waals surface area contributed by atoms with Gasteiger partial charge < -0.3 is 14.7 Å². The van der Waals surface area contributed by atoms with Gasteiger partial charge in [-0.2, -0.15) is 0 Å². The number of aliphatic hydroxyl groups is 1. The maximum Gasteiger partial charge on any atom is 0.246 e. The van der Waals surface area contributed by atoms with Gasteiger partial charge in [0.15, 0.2) is 0 Å². The smallest absolute Gasteiger partial charge is 0.246 e. The van der Waals surface area contributed by atoms with E-state index in [0.29, 0.717) is 0 Å². The van der Waals surface area contributed by atoms with Crippen LogP contribution in [0.25, 0.3) is 6.08 Å². The minimum absolute atomic E-state index is 0.159. The van der Waals surface area contributed by atoms with E-state index in [9.17, 15) is 9.90 Å². The van der Waals surface area contributed by atoms with Gasteiger partial charge in [-0.1, -0.05) is 18.2 Å². The van der Waals surface area contributed by atoms with Crippen LogP contribution >= 0.6 is 0 Å². The van der Waals surface area contributed by atoms with E-state index < -0.39 is 5.60 Å². The molecule has 0 heterocycles. The second kappa shape index (κ2) is 6.38. The van der Waals surface area contributed by atoms with Crippen LogP contribution in [0.1, 0.15) is 19.4 Å². The van der Waals surface area contributed by atoms with Crippen molar-refractivity contribution in [2.75, 3.05) is 20.7 Å². The summed E-state index contributed by atoms with van der Waals surface area (Å²) in [5.41, 5.74) is -0.0575. The Balaban J connectivity index is 2.73. The van der Waals surface area contributed by atoms with Gasteiger partial charge in [0.05, 0.1) is 12.7 Å². The van der Waals surface area contributed by atoms with E-state index in [2.05, 4.69) is 0 Å². The van der Waals surface area contributed by atoms with Gasteiger partial charge in [-0.25, -0.2) is 0 Å². The van der Waals surface area contributed by atoms with Crippen molar-refractivity contribution in [1.29, 1.82) is 0 Å². The third kappa shape index (κ3) is 5.14. The molecule has 1 amide bonds. The summed E-state index contributed by atoms with van der Waals surface area (Å²) in [6, 6.07) is 7.47. The highest BCUT2D eigenvalue weighted by molar-refractivity contribution is 5.92. The molecule has 0 radical (unpaired) electrons. The first-order valence-corrected chi connectivity index (χ1v) is 6.12. The topological polar surface area (TPSA) is 49.8 Å². The monoisotopic (exact) mass is 263 g/mol. The number of hydrogen-bond donors (Lipinski definition) is 1. The van der Waals surface area contributed by atoms with Crippen molar-refractivity contribution < 1.29 is 14.6 Å². The number of rotatable bonds is 5. The number of para-hydroxylation sites is 1. The maximum absolute atomic E-state index is 11.9. The highest BCUT2D eigenvalue weighted by Gasteiger charge is 2.17. The van der Waals surface area contributed by atoms with Gasteiger partial charge in [0.1, 0.15) is 5.75 Å². The number of carbonyl (C=O) groups is 1. The van der Waals surface area contributed by atoms with E-state index in [1.807, 2.05) is 24.3 Å². The SMILES string of the molecule is COc1ccccc1C=CC(=O)N(C)CC(C)(C)O. The minimum atomic E-state index is -0.900. The molecule has 4 heteroatoms. The maximum atomic E-state index is 11.9. The third-order valence-corrected chi connectivity index (χ3v) is 2.54. The lowest BCUT2D eigenvalue weighted by Gasteiger charge is -2.24. The molecule has 1 aromatic carbocycles. The predicted molar refractivity (Wildman–Crippen MR) is 76.0 cm³/mol. The molecule has 0 spiro atoms. The van der Waals surface area contributed by atoms with Crippen LogP contribution in [-0.4, -0.2) is 42.2 Å². The molecular weight excluding hydrogens is 242 g/mol. The van der Waals surface area contributed by atoms with Crippen LogP contribution in [0.3, 0.4) is 0 Å². The van der Waals surface area contributed by atoms with E-state index in [4.69, 9.17) is 4.74 Å². The molecule has 0 aliphatic rings. The van der Waals surface area contributed by atoms with Crippen molar-refractivity contribution in [3.05, 3.63) is 35.9 Å². The Morgan fingerprint density at radius 1 is 1.42 bits per heavy atom. The molecule has 19 heavy (non-hydrogen) atoms. The summed E-state index contributed by atoms with van der Waals surface area (Å²) in [6.45, 7) is 3.61. The fourth-order valence-corrected chi connectivity index (χ4v) is 1.75. The summed E-state index contributed by atoms with van der Waals surface area (Å²) < 4.78 is 5.20. The van der Waals surface area contributed by atoms with Gasteiger partial charge >= 0.3 is 0 Å². The lowest BCUT2D eigenvalue weighted by molar-refractivity contribution is -0.127. The zero-order valence-corrected chi connectivity index (χ0v) is 11.9. The molecular formula is C15H21NO3. The first-order chi connectivity index (χ1) is 8.83. The summed E-state index contributed by atoms with van der Waals surface area (Å²) in [6.07, 6.45) is 3.19. The molecule has 0 aromatic heterocycles. The fraction of sp³-hybridized carbons (Fsp3) is 0.400. The first-order valence-electron chi connectivity index (χ1n) is 6.12. The standard InChI is InChI=1S/C15H21NO3/c1-15(2,18)11-16(3)14(17)10-9-12-7-5-6-8-13(12)19-4/h5-10,18H,11H2,1-4H3. The number of hydrogen-bond acceptors (Lipinski definition) is 3. The summed E-state index contributed by atoms with van der Waals surface area (Å²) in [5.74, 6) is 0.560. The van der Waals surface area contributed by atoms with Crippen molar-refractivity contribution in [1.82, 2.24) is 4.90 Å². The van der Waals surface area contributed by atoms with Crippen molar-refractivity contribution in [2.45, 2.75) is 19.4 Å². The predicted octanol–water partition coefficient (Wildman–Crippen LogP) is 1.94. The average molecular weight is 263 g/mol. The van der Waals surface area contributed by atoms with Crippen molar-refractivity contribution in [2.24, 2.45) is 0 Å². The molecule has 0 saturated heterocycles. The minimum Gasteiger partial charge on any atom is -0.496 e. The Labute approximate surface area is 114 Å². The zero-order valence-electron chi connectivity index (χ0n) is 11.9. The van der Waals surface area contributed by atoms with Gasteiger partial charge in [0.2, 0.25) is 5.91 Å². The van der Waals surface area contributed by atoms with Gasteiger partial charge in [0, 0.05) is 25.2 Å². The molecule has 0 fully saturated rings. The number of likely N-dealkylation sites (N-methyl/N-ethyl adjacent to an activating group) is 1. The van der Waals surface area contributed by atoms with Gasteiger partial charge in [0.25, 0.3) is 0 Å². The third-order valence-electron chi connectivity index (χ3n) is 2.54. The van der Waals surface area contributed by atoms with E-state index in [-0.39, 0.29) is 12.5 Å². The van der Waals surface area contributed by atoms with Crippen molar-refractivity contribution in [3.63, 3.8) is 0 Å². The van der Waals surface area contributed by atoms with Crippen LogP contribution in [0.4, 0.5) is 0 Å². The molecule has 104 valence electrons. The van der Waals surface area contributed by atoms with Crippen molar-refractivity contribution >= 4 is 12.0 Å². The number of amides is 1. The summed E-state index contributed by atoms with van der Waals surface area (Å²) >= 11 is 0. The van der Waals surface area contributed by atoms with Gasteiger partial charge in [-0.15, -0.1) is 0 Å². The Bertz CT molecular complexity index is 461. The molecule has 0 unspecified atom stereocenters. The normalized spacial score (nSPS) is 11.6. The summed E-state index contributed by atoms with van der Waals surface area (Å²) in [7, 11) is 3.25. The second-order valence-electron chi connectivity index (χ2n) is 5.08. The van der Waals surface area contributed by atoms with Crippen LogP contribution in [-0.2, 0) is 4.79 Å².